The maximum absolute atomic E-state index is 6.26. The average Bonchev–Trinajstić information content (AvgIpc) is 3.37. The molecule has 4 rings (SSSR count). The Hall–Kier alpha value is -2.14. The lowest BCUT2D eigenvalue weighted by molar-refractivity contribution is -0.0895. The molecule has 1 aromatic heterocycles. The molecular weight excluding hydrogens is 416 g/mol. The molecule has 0 unspecified atom stereocenters. The van der Waals surface area contributed by atoms with Crippen molar-refractivity contribution >= 4 is 11.3 Å². The van der Waals surface area contributed by atoms with Crippen LogP contribution in [0.4, 0.5) is 0 Å². The fourth-order valence-corrected chi connectivity index (χ4v) is 4.61. The topological polar surface area (TPSA) is 27.7 Å². The summed E-state index contributed by atoms with van der Waals surface area (Å²) in [6, 6.07) is 21.2. The van der Waals surface area contributed by atoms with Crippen molar-refractivity contribution in [3.05, 3.63) is 77.2 Å². The zero-order valence-electron chi connectivity index (χ0n) is 19.6. The van der Waals surface area contributed by atoms with Gasteiger partial charge >= 0.3 is 0 Å². The molecule has 3 nitrogen and oxygen atoms in total. The molecule has 0 aliphatic carbocycles. The van der Waals surface area contributed by atoms with Crippen LogP contribution in [0.3, 0.4) is 0 Å². The first-order valence-electron chi connectivity index (χ1n) is 11.6. The van der Waals surface area contributed by atoms with Crippen LogP contribution in [0, 0.1) is 0 Å². The highest BCUT2D eigenvalue weighted by atomic mass is 32.1. The second-order valence-electron chi connectivity index (χ2n) is 9.47. The van der Waals surface area contributed by atoms with Crippen molar-refractivity contribution in [3.63, 3.8) is 0 Å². The van der Waals surface area contributed by atoms with Gasteiger partial charge in [0.15, 0.2) is 6.29 Å². The van der Waals surface area contributed by atoms with E-state index in [9.17, 15) is 0 Å². The molecule has 0 spiro atoms. The number of thiophene rings is 1. The van der Waals surface area contributed by atoms with Crippen molar-refractivity contribution in [2.45, 2.75) is 70.9 Å². The standard InChI is InChI=1S/C28H34O3S/c1-27(2)28(3,4)31-26(30-27)22-16-17-24(23(20-22)25-15-11-19-32-25)29-18-10-6-9-14-21-12-7-5-8-13-21/h5,7-8,11-13,15-17,19-20,26H,6,9-10,14,18H2,1-4H3. The largest absolute Gasteiger partial charge is 0.493 e. The Labute approximate surface area is 196 Å². The van der Waals surface area contributed by atoms with Crippen LogP contribution in [0.15, 0.2) is 66.0 Å². The highest BCUT2D eigenvalue weighted by Crippen LogP contribution is 2.46. The maximum atomic E-state index is 6.26. The van der Waals surface area contributed by atoms with Crippen LogP contribution in [-0.4, -0.2) is 17.8 Å². The fourth-order valence-electron chi connectivity index (χ4n) is 3.86. The molecule has 1 saturated heterocycles. The number of ether oxygens (including phenoxy) is 3. The summed E-state index contributed by atoms with van der Waals surface area (Å²) >= 11 is 1.72. The Morgan fingerprint density at radius 3 is 2.28 bits per heavy atom. The van der Waals surface area contributed by atoms with Crippen LogP contribution in [0.1, 0.15) is 64.4 Å². The first kappa shape index (κ1) is 23.0. The van der Waals surface area contributed by atoms with Gasteiger partial charge in [0.05, 0.1) is 17.8 Å². The molecule has 0 N–H and O–H groups in total. The number of benzene rings is 2. The summed E-state index contributed by atoms with van der Waals surface area (Å²) in [7, 11) is 0. The molecule has 0 bridgehead atoms. The summed E-state index contributed by atoms with van der Waals surface area (Å²) < 4.78 is 18.8. The molecule has 2 heterocycles. The van der Waals surface area contributed by atoms with E-state index >= 15 is 0 Å². The Kier molecular flexibility index (Phi) is 7.04. The maximum Gasteiger partial charge on any atom is 0.185 e. The summed E-state index contributed by atoms with van der Waals surface area (Å²) in [6.45, 7) is 9.07. The average molecular weight is 451 g/mol. The molecule has 1 aliphatic rings. The number of hydrogen-bond donors (Lipinski definition) is 0. The van der Waals surface area contributed by atoms with Gasteiger partial charge in [0.25, 0.3) is 0 Å². The molecule has 0 amide bonds. The fraction of sp³-hybridized carbons (Fsp3) is 0.429. The lowest BCUT2D eigenvalue weighted by Crippen LogP contribution is -2.41. The summed E-state index contributed by atoms with van der Waals surface area (Å²) in [6.07, 6.45) is 4.16. The summed E-state index contributed by atoms with van der Waals surface area (Å²) in [5.74, 6) is 0.927. The van der Waals surface area contributed by atoms with Crippen LogP contribution in [0.2, 0.25) is 0 Å². The molecule has 1 aliphatic heterocycles. The zero-order valence-corrected chi connectivity index (χ0v) is 20.4. The zero-order chi connectivity index (χ0) is 22.6. The summed E-state index contributed by atoms with van der Waals surface area (Å²) in [5, 5.41) is 2.10. The van der Waals surface area contributed by atoms with Crippen molar-refractivity contribution in [2.75, 3.05) is 6.61 Å². The third-order valence-electron chi connectivity index (χ3n) is 6.53. The number of aryl methyl sites for hydroxylation is 1. The highest BCUT2D eigenvalue weighted by Gasteiger charge is 2.49. The van der Waals surface area contributed by atoms with E-state index in [0.717, 1.165) is 42.7 Å². The summed E-state index contributed by atoms with van der Waals surface area (Å²) in [4.78, 5) is 1.20. The normalized spacial score (nSPS) is 17.5. The Balaban J connectivity index is 1.39. The predicted octanol–water partition coefficient (Wildman–Crippen LogP) is 7.81. The molecular formula is C28H34O3S. The molecule has 0 radical (unpaired) electrons. The van der Waals surface area contributed by atoms with E-state index in [2.05, 4.69) is 93.7 Å². The van der Waals surface area contributed by atoms with E-state index in [1.165, 1.54) is 16.9 Å². The van der Waals surface area contributed by atoms with Gasteiger partial charge in [0, 0.05) is 16.0 Å². The Bertz CT molecular complexity index is 977. The van der Waals surface area contributed by atoms with Gasteiger partial charge in [0.2, 0.25) is 0 Å². The van der Waals surface area contributed by atoms with Crippen molar-refractivity contribution in [1.29, 1.82) is 0 Å². The number of unbranched alkanes of at least 4 members (excludes halogenated alkanes) is 2. The number of hydrogen-bond acceptors (Lipinski definition) is 4. The summed E-state index contributed by atoms with van der Waals surface area (Å²) in [5.41, 5.74) is 2.84. The lowest BCUT2D eigenvalue weighted by Gasteiger charge is -2.30. The molecule has 4 heteroatoms. The first-order valence-corrected chi connectivity index (χ1v) is 12.4. The minimum absolute atomic E-state index is 0.352. The predicted molar refractivity (Wildman–Crippen MR) is 132 cm³/mol. The highest BCUT2D eigenvalue weighted by molar-refractivity contribution is 7.13. The van der Waals surface area contributed by atoms with Gasteiger partial charge < -0.3 is 14.2 Å². The van der Waals surface area contributed by atoms with Gasteiger partial charge in [0.1, 0.15) is 5.75 Å². The van der Waals surface area contributed by atoms with Crippen molar-refractivity contribution in [3.8, 4) is 16.2 Å². The SMILES string of the molecule is CC1(C)OC(c2ccc(OCCCCCc3ccccc3)c(-c3cccs3)c2)OC1(C)C. The van der Waals surface area contributed by atoms with E-state index in [1.807, 2.05) is 0 Å². The smallest absolute Gasteiger partial charge is 0.185 e. The molecule has 0 saturated carbocycles. The third-order valence-corrected chi connectivity index (χ3v) is 7.43. The van der Waals surface area contributed by atoms with Crippen molar-refractivity contribution in [2.24, 2.45) is 0 Å². The molecule has 0 atom stereocenters. The first-order chi connectivity index (χ1) is 15.4. The van der Waals surface area contributed by atoms with Crippen LogP contribution < -0.4 is 4.74 Å². The van der Waals surface area contributed by atoms with Gasteiger partial charge in [-0.3, -0.25) is 0 Å². The quantitative estimate of drug-likeness (QED) is 0.311. The van der Waals surface area contributed by atoms with Crippen molar-refractivity contribution < 1.29 is 14.2 Å². The van der Waals surface area contributed by atoms with Gasteiger partial charge in [-0.2, -0.15) is 0 Å². The van der Waals surface area contributed by atoms with E-state index in [0.29, 0.717) is 0 Å². The minimum Gasteiger partial charge on any atom is -0.493 e. The molecule has 2 aromatic carbocycles. The van der Waals surface area contributed by atoms with Gasteiger partial charge in [-0.15, -0.1) is 11.3 Å². The molecule has 32 heavy (non-hydrogen) atoms. The molecule has 3 aromatic rings. The monoisotopic (exact) mass is 450 g/mol. The van der Waals surface area contributed by atoms with Crippen molar-refractivity contribution in [1.82, 2.24) is 0 Å². The second kappa shape index (κ2) is 9.78. The molecule has 1 fully saturated rings. The van der Waals surface area contributed by atoms with Gasteiger partial charge in [-0.1, -0.05) is 42.5 Å². The molecule has 170 valence electrons. The van der Waals surface area contributed by atoms with Crippen LogP contribution in [0.25, 0.3) is 10.4 Å². The van der Waals surface area contributed by atoms with E-state index in [-0.39, 0.29) is 17.5 Å². The van der Waals surface area contributed by atoms with E-state index in [4.69, 9.17) is 14.2 Å². The van der Waals surface area contributed by atoms with Gasteiger partial charge in [-0.05, 0) is 82.5 Å². The Morgan fingerprint density at radius 2 is 1.59 bits per heavy atom. The van der Waals surface area contributed by atoms with Crippen LogP contribution in [0.5, 0.6) is 5.75 Å². The van der Waals surface area contributed by atoms with Crippen LogP contribution >= 0.6 is 11.3 Å². The minimum atomic E-state index is -0.370. The third kappa shape index (κ3) is 5.25. The lowest BCUT2D eigenvalue weighted by atomic mass is 9.90. The number of rotatable bonds is 9. The second-order valence-corrected chi connectivity index (χ2v) is 10.4. The Morgan fingerprint density at radius 1 is 0.844 bits per heavy atom. The van der Waals surface area contributed by atoms with E-state index in [1.54, 1.807) is 11.3 Å². The van der Waals surface area contributed by atoms with Gasteiger partial charge in [-0.25, -0.2) is 0 Å². The van der Waals surface area contributed by atoms with Crippen LogP contribution in [-0.2, 0) is 15.9 Å². The van der Waals surface area contributed by atoms with E-state index < -0.39 is 0 Å².